The summed E-state index contributed by atoms with van der Waals surface area (Å²) in [5.74, 6) is -0.639. The number of piperidine rings is 1. The van der Waals surface area contributed by atoms with E-state index in [-0.39, 0.29) is 5.75 Å². The highest BCUT2D eigenvalue weighted by molar-refractivity contribution is 5.95. The molecule has 5 aromatic rings. The van der Waals surface area contributed by atoms with Crippen LogP contribution in [0.15, 0.2) is 72.8 Å². The molecule has 4 aromatic heterocycles. The van der Waals surface area contributed by atoms with E-state index in [4.69, 9.17) is 10.7 Å². The number of nitrogens with two attached hydrogens (primary N) is 1. The van der Waals surface area contributed by atoms with Gasteiger partial charge in [0.25, 0.3) is 0 Å². The molecule has 0 spiro atoms. The summed E-state index contributed by atoms with van der Waals surface area (Å²) in [4.78, 5) is 15.2. The van der Waals surface area contributed by atoms with E-state index in [1.807, 2.05) is 36.7 Å². The van der Waals surface area contributed by atoms with E-state index in [2.05, 4.69) is 31.1 Å². The van der Waals surface area contributed by atoms with E-state index in [9.17, 15) is 9.50 Å². The lowest BCUT2D eigenvalue weighted by Gasteiger charge is -2.26. The number of pyridine rings is 2. The normalized spacial score (nSPS) is 15.8. The molecule has 0 bridgehead atoms. The van der Waals surface area contributed by atoms with E-state index in [1.54, 1.807) is 12.3 Å². The maximum Gasteiger partial charge on any atom is 0.127 e. The number of rotatable bonds is 5. The van der Waals surface area contributed by atoms with Crippen LogP contribution in [0.5, 0.6) is 5.75 Å². The van der Waals surface area contributed by atoms with Crippen LogP contribution in [0.2, 0.25) is 0 Å². The second-order valence-electron chi connectivity index (χ2n) is 10.9. The molecule has 9 heteroatoms. The van der Waals surface area contributed by atoms with Gasteiger partial charge in [0.1, 0.15) is 17.3 Å². The summed E-state index contributed by atoms with van der Waals surface area (Å²) in [7, 11) is 0. The number of allylic oxidation sites excluding steroid dienone is 3. The van der Waals surface area contributed by atoms with Crippen LogP contribution in [-0.4, -0.2) is 48.2 Å². The molecule has 0 saturated carbocycles. The zero-order valence-electron chi connectivity index (χ0n) is 22.5. The van der Waals surface area contributed by atoms with Gasteiger partial charge in [-0.15, -0.1) is 0 Å². The minimum absolute atomic E-state index is 0.132. The number of nitrogens with zero attached hydrogens (tertiary/aromatic N) is 4. The predicted octanol–water partition coefficient (Wildman–Crippen LogP) is 5.68. The number of phenolic OH excluding ortho intramolecular Hbond substituents is 1. The lowest BCUT2D eigenvalue weighted by Crippen LogP contribution is -2.29. The third-order valence-electron chi connectivity index (χ3n) is 7.88. The number of aromatic amines is 2. The molecule has 0 unspecified atom stereocenters. The fourth-order valence-corrected chi connectivity index (χ4v) is 5.90. The summed E-state index contributed by atoms with van der Waals surface area (Å²) in [6, 6.07) is 10.3. The van der Waals surface area contributed by atoms with Crippen molar-refractivity contribution in [2.24, 2.45) is 5.73 Å². The molecule has 7 rings (SSSR count). The first-order valence-electron chi connectivity index (χ1n) is 13.9. The van der Waals surface area contributed by atoms with Crippen molar-refractivity contribution in [3.63, 3.8) is 0 Å². The lowest BCUT2D eigenvalue weighted by molar-refractivity contribution is 0.220. The molecule has 1 aromatic carbocycles. The van der Waals surface area contributed by atoms with Gasteiger partial charge in [-0.25, -0.2) is 4.39 Å². The maximum absolute atomic E-state index is 14.2. The van der Waals surface area contributed by atoms with Crippen LogP contribution in [0, 0.1) is 5.82 Å². The van der Waals surface area contributed by atoms with Crippen LogP contribution in [0.3, 0.4) is 0 Å². The van der Waals surface area contributed by atoms with Crippen LogP contribution in [0.1, 0.15) is 41.6 Å². The monoisotopic (exact) mass is 547 g/mol. The number of halogens is 1. The van der Waals surface area contributed by atoms with Crippen molar-refractivity contribution in [1.82, 2.24) is 30.0 Å². The molecule has 41 heavy (non-hydrogen) atoms. The number of aromatic nitrogens is 5. The topological polar surface area (TPSA) is 120 Å². The molecule has 1 fully saturated rings. The van der Waals surface area contributed by atoms with Gasteiger partial charge in [-0.3, -0.25) is 20.0 Å². The largest absolute Gasteiger partial charge is 0.508 e. The predicted molar refractivity (Wildman–Crippen MR) is 157 cm³/mol. The Balaban J connectivity index is 1.25. The summed E-state index contributed by atoms with van der Waals surface area (Å²) in [5.41, 5.74) is 15.4. The number of hydrogen-bond donors (Lipinski definition) is 4. The Hall–Kier alpha value is -4.76. The first-order chi connectivity index (χ1) is 20.0. The maximum atomic E-state index is 14.2. The van der Waals surface area contributed by atoms with Crippen molar-refractivity contribution in [2.45, 2.75) is 32.2 Å². The van der Waals surface area contributed by atoms with E-state index in [1.165, 1.54) is 30.9 Å². The summed E-state index contributed by atoms with van der Waals surface area (Å²) >= 11 is 0. The molecule has 1 aliphatic carbocycles. The number of benzene rings is 1. The first-order valence-corrected chi connectivity index (χ1v) is 13.9. The molecular formula is C32H30FN7O. The molecule has 206 valence electrons. The second-order valence-corrected chi connectivity index (χ2v) is 10.9. The zero-order chi connectivity index (χ0) is 27.9. The SMILES string of the molecule is NC1=CC=C(c2cc(O)cc(F)c2)c2cc(-c3n[nH]c4cnc(-c5cncc(CN6CCCCC6)c5)cc34)[nH]c2C1. The summed E-state index contributed by atoms with van der Waals surface area (Å²) in [6.07, 6.45) is 13.6. The van der Waals surface area contributed by atoms with Crippen LogP contribution in [0.25, 0.3) is 39.1 Å². The van der Waals surface area contributed by atoms with Crippen LogP contribution in [0.4, 0.5) is 4.39 Å². The fourth-order valence-electron chi connectivity index (χ4n) is 5.90. The third kappa shape index (κ3) is 5.00. The number of fused-ring (bicyclic) bond motifs is 2. The van der Waals surface area contributed by atoms with Gasteiger partial charge in [-0.05, 0) is 79.0 Å². The van der Waals surface area contributed by atoms with Gasteiger partial charge in [0.2, 0.25) is 0 Å². The average molecular weight is 548 g/mol. The lowest BCUT2D eigenvalue weighted by atomic mass is 9.97. The highest BCUT2D eigenvalue weighted by Gasteiger charge is 2.21. The van der Waals surface area contributed by atoms with E-state index >= 15 is 0 Å². The average Bonchev–Trinajstić information content (AvgIpc) is 3.53. The Bertz CT molecular complexity index is 1810. The van der Waals surface area contributed by atoms with Crippen molar-refractivity contribution >= 4 is 16.5 Å². The number of hydrogen-bond acceptors (Lipinski definition) is 6. The molecule has 1 saturated heterocycles. The number of nitrogens with one attached hydrogen (secondary N) is 2. The van der Waals surface area contributed by atoms with Crippen molar-refractivity contribution < 1.29 is 9.50 Å². The van der Waals surface area contributed by atoms with E-state index in [0.29, 0.717) is 17.7 Å². The Morgan fingerprint density at radius 2 is 1.83 bits per heavy atom. The minimum atomic E-state index is -0.507. The van der Waals surface area contributed by atoms with Gasteiger partial charge in [0.15, 0.2) is 0 Å². The van der Waals surface area contributed by atoms with Gasteiger partial charge in [-0.1, -0.05) is 12.5 Å². The highest BCUT2D eigenvalue weighted by atomic mass is 19.1. The highest BCUT2D eigenvalue weighted by Crippen LogP contribution is 2.36. The Kier molecular flexibility index (Phi) is 6.36. The standard InChI is InChI=1S/C32H30FN7O/c33-22-9-20(10-24(41)11-22)25-5-4-23(34)12-29-26(25)13-30(37-29)32-27-14-28(36-17-31(27)38-39-32)21-8-19(15-35-16-21)18-40-6-2-1-3-7-40/h4-5,8-11,13-17,37,41H,1-3,6-7,12,18,34H2,(H,38,39). The number of phenols is 1. The van der Waals surface area contributed by atoms with Gasteiger partial charge in [0.05, 0.1) is 23.1 Å². The van der Waals surface area contributed by atoms with Gasteiger partial charge >= 0.3 is 0 Å². The van der Waals surface area contributed by atoms with Crippen molar-refractivity contribution in [3.8, 4) is 28.4 Å². The minimum Gasteiger partial charge on any atom is -0.508 e. The molecule has 0 atom stereocenters. The van der Waals surface area contributed by atoms with Crippen molar-refractivity contribution in [2.75, 3.05) is 13.1 Å². The van der Waals surface area contributed by atoms with E-state index < -0.39 is 5.82 Å². The van der Waals surface area contributed by atoms with Crippen molar-refractivity contribution in [1.29, 1.82) is 0 Å². The molecule has 1 aliphatic heterocycles. The van der Waals surface area contributed by atoms with E-state index in [0.717, 1.165) is 76.1 Å². The number of likely N-dealkylation sites (tertiary alicyclic amines) is 1. The van der Waals surface area contributed by atoms with Crippen molar-refractivity contribution in [3.05, 3.63) is 101 Å². The molecule has 0 amide bonds. The van der Waals surface area contributed by atoms with Gasteiger partial charge < -0.3 is 15.8 Å². The molecule has 5 N–H and O–H groups in total. The first kappa shape index (κ1) is 25.2. The summed E-state index contributed by atoms with van der Waals surface area (Å²) in [5, 5.41) is 18.7. The van der Waals surface area contributed by atoms with Crippen LogP contribution in [-0.2, 0) is 13.0 Å². The molecule has 0 radical (unpaired) electrons. The second kappa shape index (κ2) is 10.3. The molecule has 2 aliphatic rings. The molecular weight excluding hydrogens is 517 g/mol. The summed E-state index contributed by atoms with van der Waals surface area (Å²) in [6.45, 7) is 3.15. The third-order valence-corrected chi connectivity index (χ3v) is 7.88. The molecule has 5 heterocycles. The van der Waals surface area contributed by atoms with Crippen LogP contribution >= 0.6 is 0 Å². The van der Waals surface area contributed by atoms with Gasteiger partial charge in [0, 0.05) is 59.3 Å². The Labute approximate surface area is 236 Å². The van der Waals surface area contributed by atoms with Gasteiger partial charge in [-0.2, -0.15) is 5.10 Å². The number of aromatic hydroxyl groups is 1. The Morgan fingerprint density at radius 3 is 2.68 bits per heavy atom. The summed E-state index contributed by atoms with van der Waals surface area (Å²) < 4.78 is 14.2. The zero-order valence-corrected chi connectivity index (χ0v) is 22.5. The molecule has 8 nitrogen and oxygen atoms in total. The number of H-pyrrole nitrogens is 2. The quantitative estimate of drug-likeness (QED) is 0.225. The Morgan fingerprint density at radius 1 is 0.951 bits per heavy atom. The smallest absolute Gasteiger partial charge is 0.127 e. The van der Waals surface area contributed by atoms with Crippen LogP contribution < -0.4 is 5.73 Å². The fraction of sp³-hybridized carbons (Fsp3) is 0.219.